The second kappa shape index (κ2) is 13.3. The van der Waals surface area contributed by atoms with E-state index < -0.39 is 34.1 Å². The zero-order valence-electron chi connectivity index (χ0n) is 25.3. The molecule has 0 fully saturated rings. The zero-order valence-corrected chi connectivity index (χ0v) is 26.1. The first-order valence-electron chi connectivity index (χ1n) is 14.1. The van der Waals surface area contributed by atoms with Gasteiger partial charge in [0.15, 0.2) is 0 Å². The number of carbonyl (C=O) groups excluding carboxylic acids is 2. The summed E-state index contributed by atoms with van der Waals surface area (Å²) in [7, 11) is -4.11. The Balaban J connectivity index is 2.12. The molecule has 3 aromatic rings. The van der Waals surface area contributed by atoms with E-state index in [9.17, 15) is 18.0 Å². The van der Waals surface area contributed by atoms with Crippen molar-refractivity contribution in [3.8, 4) is 0 Å². The van der Waals surface area contributed by atoms with Crippen molar-refractivity contribution in [2.75, 3.05) is 10.8 Å². The number of benzene rings is 3. The van der Waals surface area contributed by atoms with Crippen LogP contribution in [-0.4, -0.2) is 43.3 Å². The maximum Gasteiger partial charge on any atom is 0.264 e. The fraction of sp³-hybridized carbons (Fsp3) is 0.394. The molecule has 0 saturated heterocycles. The first-order chi connectivity index (χ1) is 19.3. The van der Waals surface area contributed by atoms with E-state index in [1.165, 1.54) is 9.21 Å². The van der Waals surface area contributed by atoms with Gasteiger partial charge >= 0.3 is 0 Å². The van der Waals surface area contributed by atoms with E-state index in [4.69, 9.17) is 0 Å². The van der Waals surface area contributed by atoms with Crippen LogP contribution in [0.15, 0.2) is 77.7 Å². The van der Waals surface area contributed by atoms with Gasteiger partial charge in [-0.3, -0.25) is 13.9 Å². The average molecular weight is 578 g/mol. The normalized spacial score (nSPS) is 12.5. The number of anilines is 1. The topological polar surface area (TPSA) is 86.8 Å². The minimum absolute atomic E-state index is 0.102. The van der Waals surface area contributed by atoms with Gasteiger partial charge in [0.25, 0.3) is 10.0 Å². The lowest BCUT2D eigenvalue weighted by Crippen LogP contribution is -2.55. The summed E-state index contributed by atoms with van der Waals surface area (Å²) in [6.45, 7) is 13.1. The Bertz CT molecular complexity index is 1460. The van der Waals surface area contributed by atoms with Crippen molar-refractivity contribution in [2.24, 2.45) is 0 Å². The van der Waals surface area contributed by atoms with E-state index >= 15 is 0 Å². The van der Waals surface area contributed by atoms with Crippen molar-refractivity contribution in [1.82, 2.24) is 10.2 Å². The number of carbonyl (C=O) groups is 2. The Kier molecular flexibility index (Phi) is 10.4. The van der Waals surface area contributed by atoms with Crippen LogP contribution in [0.4, 0.5) is 5.69 Å². The SMILES string of the molecule is CCc1ccccc1N(CC(=O)N(Cc1ccccc1C)[C@H](CC)C(=O)NC(C)(C)C)S(=O)(=O)c1ccc(C)cc1. The average Bonchev–Trinajstić information content (AvgIpc) is 2.91. The van der Waals surface area contributed by atoms with Gasteiger partial charge in [0, 0.05) is 12.1 Å². The maximum absolute atomic E-state index is 14.3. The first kappa shape index (κ1) is 31.9. The molecule has 41 heavy (non-hydrogen) atoms. The van der Waals surface area contributed by atoms with Gasteiger partial charge in [-0.05, 0) is 82.3 Å². The fourth-order valence-corrected chi connectivity index (χ4v) is 6.20. The zero-order chi connectivity index (χ0) is 30.4. The van der Waals surface area contributed by atoms with Gasteiger partial charge in [-0.15, -0.1) is 0 Å². The molecule has 0 aromatic heterocycles. The van der Waals surface area contributed by atoms with Gasteiger partial charge in [-0.1, -0.05) is 74.0 Å². The molecule has 1 atom stereocenters. The molecule has 2 amide bonds. The Morgan fingerprint density at radius 2 is 1.44 bits per heavy atom. The summed E-state index contributed by atoms with van der Waals surface area (Å²) >= 11 is 0. The van der Waals surface area contributed by atoms with Gasteiger partial charge in [0.2, 0.25) is 11.8 Å². The Labute approximate surface area is 245 Å². The number of para-hydroxylation sites is 1. The number of aryl methyl sites for hydroxylation is 3. The Hall–Kier alpha value is -3.65. The van der Waals surface area contributed by atoms with E-state index in [1.807, 2.05) is 84.9 Å². The largest absolute Gasteiger partial charge is 0.350 e. The summed E-state index contributed by atoms with van der Waals surface area (Å²) in [5, 5.41) is 3.01. The van der Waals surface area contributed by atoms with E-state index in [2.05, 4.69) is 5.32 Å². The van der Waals surface area contributed by atoms with Crippen LogP contribution in [-0.2, 0) is 32.6 Å². The highest BCUT2D eigenvalue weighted by molar-refractivity contribution is 7.92. The van der Waals surface area contributed by atoms with Gasteiger partial charge in [0.1, 0.15) is 12.6 Å². The molecule has 0 heterocycles. The summed E-state index contributed by atoms with van der Waals surface area (Å²) in [4.78, 5) is 29.4. The van der Waals surface area contributed by atoms with Crippen molar-refractivity contribution in [2.45, 2.75) is 84.3 Å². The van der Waals surface area contributed by atoms with Crippen LogP contribution in [0.2, 0.25) is 0 Å². The highest BCUT2D eigenvalue weighted by Crippen LogP contribution is 2.29. The molecule has 0 bridgehead atoms. The number of hydrogen-bond acceptors (Lipinski definition) is 4. The smallest absolute Gasteiger partial charge is 0.264 e. The van der Waals surface area contributed by atoms with Crippen molar-refractivity contribution < 1.29 is 18.0 Å². The van der Waals surface area contributed by atoms with E-state index in [0.717, 1.165) is 22.3 Å². The number of rotatable bonds is 11. The molecule has 0 aliphatic heterocycles. The highest BCUT2D eigenvalue weighted by Gasteiger charge is 2.35. The summed E-state index contributed by atoms with van der Waals surface area (Å²) in [5.74, 6) is -0.727. The van der Waals surface area contributed by atoms with Crippen LogP contribution in [0.3, 0.4) is 0 Å². The molecule has 3 aromatic carbocycles. The number of amides is 2. The summed E-state index contributed by atoms with van der Waals surface area (Å²) < 4.78 is 29.4. The molecule has 0 unspecified atom stereocenters. The second-order valence-corrected chi connectivity index (χ2v) is 13.3. The molecular weight excluding hydrogens is 534 g/mol. The van der Waals surface area contributed by atoms with Crippen LogP contribution in [0, 0.1) is 13.8 Å². The minimum Gasteiger partial charge on any atom is -0.350 e. The monoisotopic (exact) mass is 577 g/mol. The molecule has 220 valence electrons. The molecule has 1 N–H and O–H groups in total. The quantitative estimate of drug-likeness (QED) is 0.313. The summed E-state index contributed by atoms with van der Waals surface area (Å²) in [6, 6.07) is 20.8. The summed E-state index contributed by atoms with van der Waals surface area (Å²) in [6.07, 6.45) is 0.957. The Morgan fingerprint density at radius 1 is 0.854 bits per heavy atom. The Morgan fingerprint density at radius 3 is 2.00 bits per heavy atom. The lowest BCUT2D eigenvalue weighted by Gasteiger charge is -2.35. The third kappa shape index (κ3) is 7.97. The third-order valence-corrected chi connectivity index (χ3v) is 8.79. The lowest BCUT2D eigenvalue weighted by atomic mass is 10.0. The third-order valence-electron chi connectivity index (χ3n) is 7.02. The molecule has 3 rings (SSSR count). The van der Waals surface area contributed by atoms with Crippen LogP contribution >= 0.6 is 0 Å². The summed E-state index contributed by atoms with van der Waals surface area (Å²) in [5.41, 5.74) is 3.57. The van der Waals surface area contributed by atoms with Gasteiger partial charge in [0.05, 0.1) is 10.6 Å². The van der Waals surface area contributed by atoms with Crippen molar-refractivity contribution in [3.63, 3.8) is 0 Å². The second-order valence-electron chi connectivity index (χ2n) is 11.4. The molecule has 0 aliphatic carbocycles. The van der Waals surface area contributed by atoms with Crippen molar-refractivity contribution in [1.29, 1.82) is 0 Å². The minimum atomic E-state index is -4.11. The number of hydrogen-bond donors (Lipinski definition) is 1. The standard InChI is InChI=1S/C33H43N3O4S/c1-8-26-15-12-13-17-30(26)36(41(39,40)28-20-18-24(3)19-21-28)23-31(37)35(22-27-16-11-10-14-25(27)4)29(9-2)32(38)34-33(5,6)7/h10-21,29H,8-9,22-23H2,1-7H3,(H,34,38)/t29-/m1/s1. The molecule has 0 aliphatic rings. The fourth-order valence-electron chi connectivity index (χ4n) is 4.75. The lowest BCUT2D eigenvalue weighted by molar-refractivity contribution is -0.141. The van der Waals surface area contributed by atoms with Crippen molar-refractivity contribution in [3.05, 3.63) is 95.1 Å². The van der Waals surface area contributed by atoms with Crippen molar-refractivity contribution >= 4 is 27.5 Å². The molecule has 0 spiro atoms. The van der Waals surface area contributed by atoms with Gasteiger partial charge in [-0.2, -0.15) is 0 Å². The number of nitrogens with one attached hydrogen (secondary N) is 1. The predicted molar refractivity (Wildman–Crippen MR) is 165 cm³/mol. The molecule has 0 saturated carbocycles. The van der Waals surface area contributed by atoms with Crippen LogP contribution in [0.25, 0.3) is 0 Å². The van der Waals surface area contributed by atoms with Crippen LogP contribution in [0.5, 0.6) is 0 Å². The molecule has 7 nitrogen and oxygen atoms in total. The molecule has 0 radical (unpaired) electrons. The van der Waals surface area contributed by atoms with E-state index in [0.29, 0.717) is 18.5 Å². The predicted octanol–water partition coefficient (Wildman–Crippen LogP) is 5.78. The van der Waals surface area contributed by atoms with Gasteiger partial charge < -0.3 is 10.2 Å². The molecular formula is C33H43N3O4S. The first-order valence-corrected chi connectivity index (χ1v) is 15.6. The van der Waals surface area contributed by atoms with Crippen LogP contribution in [0.1, 0.15) is 63.3 Å². The maximum atomic E-state index is 14.3. The van der Waals surface area contributed by atoms with E-state index in [-0.39, 0.29) is 17.3 Å². The van der Waals surface area contributed by atoms with E-state index in [1.54, 1.807) is 36.4 Å². The number of nitrogens with zero attached hydrogens (tertiary/aromatic N) is 2. The van der Waals surface area contributed by atoms with Crippen LogP contribution < -0.4 is 9.62 Å². The molecule has 8 heteroatoms. The number of sulfonamides is 1. The van der Waals surface area contributed by atoms with Gasteiger partial charge in [-0.25, -0.2) is 8.42 Å². The highest BCUT2D eigenvalue weighted by atomic mass is 32.2.